The molecule has 1 aromatic carbocycles. The van der Waals surface area contributed by atoms with Crippen molar-refractivity contribution in [3.8, 4) is 11.4 Å². The number of carbonyl (C=O) groups excluding carboxylic acids is 1. The van der Waals surface area contributed by atoms with Crippen LogP contribution in [-0.4, -0.2) is 46.5 Å². The molecule has 3 heterocycles. The Morgan fingerprint density at radius 1 is 1.21 bits per heavy atom. The number of aromatic nitrogens is 3. The van der Waals surface area contributed by atoms with E-state index >= 15 is 0 Å². The number of hydrogen-bond acceptors (Lipinski definition) is 5. The molecular weight excluding hydrogens is 380 g/mol. The summed E-state index contributed by atoms with van der Waals surface area (Å²) in [6, 6.07) is 5.40. The second kappa shape index (κ2) is 6.30. The van der Waals surface area contributed by atoms with E-state index in [1.165, 1.54) is 10.7 Å². The van der Waals surface area contributed by atoms with E-state index in [1.807, 2.05) is 32.0 Å². The van der Waals surface area contributed by atoms with Crippen LogP contribution in [0.15, 0.2) is 29.2 Å². The van der Waals surface area contributed by atoms with Gasteiger partial charge in [-0.15, -0.1) is 5.10 Å². The van der Waals surface area contributed by atoms with Crippen LogP contribution in [0.1, 0.15) is 27.0 Å². The lowest BCUT2D eigenvalue weighted by molar-refractivity contribution is 0.0941. The minimum Gasteiger partial charge on any atom is -0.347 e. The molecule has 4 rings (SSSR count). The van der Waals surface area contributed by atoms with E-state index < -0.39 is 21.8 Å². The predicted molar refractivity (Wildman–Crippen MR) is 105 cm³/mol. The lowest BCUT2D eigenvalue weighted by atomic mass is 10.1. The van der Waals surface area contributed by atoms with Crippen LogP contribution in [0.2, 0.25) is 0 Å². The quantitative estimate of drug-likeness (QED) is 0.684. The van der Waals surface area contributed by atoms with Gasteiger partial charge < -0.3 is 10.3 Å². The molecule has 1 amide bonds. The smallest absolute Gasteiger partial charge is 0.275 e. The van der Waals surface area contributed by atoms with Crippen LogP contribution in [0.5, 0.6) is 0 Å². The third-order valence-electron chi connectivity index (χ3n) is 5.16. The van der Waals surface area contributed by atoms with Gasteiger partial charge in [0.05, 0.1) is 23.1 Å². The number of hydrogen-bond donors (Lipinski definition) is 2. The molecule has 0 radical (unpaired) electrons. The Balaban J connectivity index is 1.72. The highest BCUT2D eigenvalue weighted by Gasteiger charge is 2.35. The van der Waals surface area contributed by atoms with Gasteiger partial charge in [0, 0.05) is 11.8 Å². The van der Waals surface area contributed by atoms with Gasteiger partial charge in [-0.3, -0.25) is 9.59 Å². The molecule has 0 bridgehead atoms. The van der Waals surface area contributed by atoms with Crippen molar-refractivity contribution in [2.75, 3.05) is 11.5 Å². The Labute approximate surface area is 161 Å². The van der Waals surface area contributed by atoms with E-state index in [2.05, 4.69) is 15.4 Å². The molecule has 28 heavy (non-hydrogen) atoms. The number of amides is 1. The van der Waals surface area contributed by atoms with Crippen molar-refractivity contribution >= 4 is 21.3 Å². The maximum atomic E-state index is 12.6. The van der Waals surface area contributed by atoms with Crippen molar-refractivity contribution in [1.29, 1.82) is 0 Å². The summed E-state index contributed by atoms with van der Waals surface area (Å²) >= 11 is 0. The van der Waals surface area contributed by atoms with Crippen molar-refractivity contribution in [2.45, 2.75) is 26.8 Å². The summed E-state index contributed by atoms with van der Waals surface area (Å²) in [4.78, 5) is 27.9. The van der Waals surface area contributed by atoms with Gasteiger partial charge in [-0.2, -0.15) is 0 Å². The van der Waals surface area contributed by atoms with Crippen molar-refractivity contribution in [3.63, 3.8) is 0 Å². The predicted octanol–water partition coefficient (Wildman–Crippen LogP) is 1.14. The summed E-state index contributed by atoms with van der Waals surface area (Å²) < 4.78 is 24.0. The molecule has 1 saturated heterocycles. The molecule has 146 valence electrons. The fourth-order valence-electron chi connectivity index (χ4n) is 3.39. The third kappa shape index (κ3) is 3.11. The number of H-pyrrole nitrogens is 1. The number of aryl methyl sites for hydroxylation is 3. The molecule has 3 aromatic rings. The highest BCUT2D eigenvalue weighted by molar-refractivity contribution is 7.92. The van der Waals surface area contributed by atoms with Crippen LogP contribution in [0.25, 0.3) is 16.9 Å². The van der Waals surface area contributed by atoms with Gasteiger partial charge in [0.25, 0.3) is 11.5 Å². The van der Waals surface area contributed by atoms with Crippen LogP contribution in [-0.2, 0) is 9.84 Å². The molecule has 2 aromatic heterocycles. The summed E-state index contributed by atoms with van der Waals surface area (Å²) in [7, 11) is -3.03. The zero-order valence-electron chi connectivity index (χ0n) is 15.7. The minimum absolute atomic E-state index is 0.0546. The number of benzene rings is 1. The van der Waals surface area contributed by atoms with E-state index in [4.69, 9.17) is 0 Å². The summed E-state index contributed by atoms with van der Waals surface area (Å²) in [5, 5.41) is 7.16. The second-order valence-electron chi connectivity index (χ2n) is 7.31. The molecule has 0 aliphatic carbocycles. The molecule has 2 N–H and O–H groups in total. The Bertz CT molecular complexity index is 1280. The third-order valence-corrected chi connectivity index (χ3v) is 6.99. The average molecular weight is 400 g/mol. The monoisotopic (exact) mass is 400 g/mol. The number of aromatic amines is 1. The Kier molecular flexibility index (Phi) is 4.15. The topological polar surface area (TPSA) is 113 Å². The number of nitrogens with one attached hydrogen (secondary N) is 2. The van der Waals surface area contributed by atoms with Gasteiger partial charge in [0.1, 0.15) is 5.52 Å². The fraction of sp³-hybridized carbons (Fsp3) is 0.316. The van der Waals surface area contributed by atoms with Crippen molar-refractivity contribution < 1.29 is 13.2 Å². The lowest BCUT2D eigenvalue weighted by Crippen LogP contribution is -2.52. The summed E-state index contributed by atoms with van der Waals surface area (Å²) in [5.41, 5.74) is 3.75. The first-order chi connectivity index (χ1) is 13.1. The molecule has 0 spiro atoms. The number of carbonyl (C=O) groups is 1. The summed E-state index contributed by atoms with van der Waals surface area (Å²) in [6.45, 7) is 5.67. The van der Waals surface area contributed by atoms with E-state index in [0.717, 1.165) is 16.7 Å². The van der Waals surface area contributed by atoms with Crippen LogP contribution in [0.3, 0.4) is 0 Å². The highest BCUT2D eigenvalue weighted by Crippen LogP contribution is 2.20. The Morgan fingerprint density at radius 3 is 2.57 bits per heavy atom. The molecule has 0 unspecified atom stereocenters. The molecule has 1 fully saturated rings. The van der Waals surface area contributed by atoms with Crippen LogP contribution in [0, 0.1) is 20.8 Å². The normalized spacial score (nSPS) is 16.1. The number of rotatable bonds is 3. The fourth-order valence-corrected chi connectivity index (χ4v) is 4.69. The molecule has 0 saturated carbocycles. The van der Waals surface area contributed by atoms with Crippen LogP contribution in [0.4, 0.5) is 0 Å². The molecule has 1 aliphatic rings. The van der Waals surface area contributed by atoms with Gasteiger partial charge in [-0.1, -0.05) is 12.1 Å². The van der Waals surface area contributed by atoms with Crippen LogP contribution >= 0.6 is 0 Å². The minimum atomic E-state index is -3.03. The Hall–Kier alpha value is -2.94. The number of fused-ring (bicyclic) bond motifs is 1. The highest BCUT2D eigenvalue weighted by atomic mass is 32.2. The van der Waals surface area contributed by atoms with Crippen molar-refractivity contribution in [3.05, 3.63) is 57.0 Å². The van der Waals surface area contributed by atoms with Gasteiger partial charge in [0.15, 0.2) is 15.7 Å². The van der Waals surface area contributed by atoms with E-state index in [-0.39, 0.29) is 17.1 Å². The maximum absolute atomic E-state index is 12.6. The average Bonchev–Trinajstić information content (AvgIpc) is 2.93. The first-order valence-corrected chi connectivity index (χ1v) is 10.7. The first kappa shape index (κ1) is 18.4. The van der Waals surface area contributed by atoms with Crippen LogP contribution < -0.4 is 10.9 Å². The summed E-state index contributed by atoms with van der Waals surface area (Å²) in [6.07, 6.45) is 1.51. The first-order valence-electron chi connectivity index (χ1n) is 8.86. The lowest BCUT2D eigenvalue weighted by Gasteiger charge is -2.26. The van der Waals surface area contributed by atoms with E-state index in [1.54, 1.807) is 6.92 Å². The van der Waals surface area contributed by atoms with Crippen molar-refractivity contribution in [2.24, 2.45) is 0 Å². The maximum Gasteiger partial charge on any atom is 0.275 e. The Morgan fingerprint density at radius 2 is 1.93 bits per heavy atom. The van der Waals surface area contributed by atoms with Gasteiger partial charge in [-0.25, -0.2) is 12.9 Å². The molecule has 1 aliphatic heterocycles. The number of nitrogens with zero attached hydrogens (tertiary/aromatic N) is 2. The van der Waals surface area contributed by atoms with Gasteiger partial charge >= 0.3 is 0 Å². The summed E-state index contributed by atoms with van der Waals surface area (Å²) in [5.74, 6) is -0.107. The molecule has 9 heteroatoms. The zero-order chi connectivity index (χ0) is 20.2. The van der Waals surface area contributed by atoms with Crippen molar-refractivity contribution in [1.82, 2.24) is 19.9 Å². The zero-order valence-corrected chi connectivity index (χ0v) is 16.6. The van der Waals surface area contributed by atoms with Gasteiger partial charge in [0.2, 0.25) is 0 Å². The molecule has 0 atom stereocenters. The standard InChI is InChI=1S/C19H20N4O4S/c1-10-4-5-13(6-11(10)2)17-21-19(25)16-12(3)15(7-23(16)22-17)18(24)20-14-8-28(26,27)9-14/h4-7,14H,8-9H2,1-3H3,(H,20,24)(H,21,22,25). The molecule has 8 nitrogen and oxygen atoms in total. The number of sulfone groups is 1. The van der Waals surface area contributed by atoms with Gasteiger partial charge in [-0.05, 0) is 43.5 Å². The molecular formula is C19H20N4O4S. The van der Waals surface area contributed by atoms with E-state index in [0.29, 0.717) is 22.5 Å². The SMILES string of the molecule is Cc1ccc(-c2nn3cc(C(=O)NC4CS(=O)(=O)C4)c(C)c3c(=O)[nH]2)cc1C. The largest absolute Gasteiger partial charge is 0.347 e. The van der Waals surface area contributed by atoms with E-state index in [9.17, 15) is 18.0 Å². The second-order valence-corrected chi connectivity index (χ2v) is 9.46.